The SMILES string of the molecule is CC1(C(=O)OCC(=O)N2c3ccccc3Sc3ccccc32)CC1(Cl)Cl. The first kappa shape index (κ1) is 17.7. The number of esters is 1. The van der Waals surface area contributed by atoms with Crippen LogP contribution in [0.5, 0.6) is 0 Å². The van der Waals surface area contributed by atoms with Gasteiger partial charge in [0.2, 0.25) is 0 Å². The second-order valence-corrected chi connectivity index (χ2v) is 9.12. The van der Waals surface area contributed by atoms with Crippen LogP contribution in [-0.2, 0) is 14.3 Å². The monoisotopic (exact) mass is 407 g/mol. The van der Waals surface area contributed by atoms with Crippen LogP contribution in [0.15, 0.2) is 58.3 Å². The number of rotatable bonds is 3. The van der Waals surface area contributed by atoms with Crippen LogP contribution in [0.2, 0.25) is 0 Å². The fourth-order valence-electron chi connectivity index (χ4n) is 2.95. The first-order valence-electron chi connectivity index (χ1n) is 8.07. The summed E-state index contributed by atoms with van der Waals surface area (Å²) in [7, 11) is 0. The number of nitrogens with zero attached hydrogens (tertiary/aromatic N) is 1. The van der Waals surface area contributed by atoms with E-state index in [0.717, 1.165) is 21.2 Å². The molecule has 0 N–H and O–H groups in total. The number of carbonyl (C=O) groups excluding carboxylic acids is 2. The molecule has 1 aliphatic carbocycles. The quantitative estimate of drug-likeness (QED) is 0.533. The van der Waals surface area contributed by atoms with Crippen LogP contribution in [0, 0.1) is 5.41 Å². The van der Waals surface area contributed by atoms with Crippen LogP contribution >= 0.6 is 35.0 Å². The van der Waals surface area contributed by atoms with Crippen molar-refractivity contribution in [3.05, 3.63) is 48.5 Å². The van der Waals surface area contributed by atoms with Crippen molar-refractivity contribution >= 4 is 58.2 Å². The number of alkyl halides is 2. The standard InChI is InChI=1S/C19H15Cl2NO3S/c1-18(11-19(18,20)21)17(24)25-10-16(23)22-12-6-2-4-8-14(12)26-15-9-5-3-7-13(15)22/h2-9H,10-11H2,1H3. The summed E-state index contributed by atoms with van der Waals surface area (Å²) < 4.78 is 4.13. The van der Waals surface area contributed by atoms with Crippen LogP contribution < -0.4 is 4.90 Å². The highest BCUT2D eigenvalue weighted by atomic mass is 35.5. The van der Waals surface area contributed by atoms with Crippen molar-refractivity contribution in [2.75, 3.05) is 11.5 Å². The molecule has 26 heavy (non-hydrogen) atoms. The number of hydrogen-bond acceptors (Lipinski definition) is 4. The predicted molar refractivity (Wildman–Crippen MR) is 102 cm³/mol. The Morgan fingerprint density at radius 2 is 1.58 bits per heavy atom. The second kappa shape index (κ2) is 6.19. The van der Waals surface area contributed by atoms with E-state index >= 15 is 0 Å². The molecular weight excluding hydrogens is 393 g/mol. The summed E-state index contributed by atoms with van der Waals surface area (Å²) in [5.74, 6) is -0.874. The van der Waals surface area contributed by atoms with Crippen LogP contribution in [-0.4, -0.2) is 22.8 Å². The van der Waals surface area contributed by atoms with Crippen molar-refractivity contribution in [3.8, 4) is 0 Å². The number of carbonyl (C=O) groups is 2. The zero-order chi connectivity index (χ0) is 18.5. The topological polar surface area (TPSA) is 46.6 Å². The third-order valence-corrected chi connectivity index (χ3v) is 6.95. The van der Waals surface area contributed by atoms with Gasteiger partial charge in [-0.25, -0.2) is 0 Å². The van der Waals surface area contributed by atoms with E-state index in [1.165, 1.54) is 0 Å². The van der Waals surface area contributed by atoms with Crippen LogP contribution in [0.25, 0.3) is 0 Å². The van der Waals surface area contributed by atoms with Crippen LogP contribution in [0.1, 0.15) is 13.3 Å². The van der Waals surface area contributed by atoms with Crippen LogP contribution in [0.3, 0.4) is 0 Å². The second-order valence-electron chi connectivity index (χ2n) is 6.56. The third-order valence-electron chi connectivity index (χ3n) is 4.72. The fraction of sp³-hybridized carbons (Fsp3) is 0.263. The number of ether oxygens (including phenoxy) is 1. The minimum atomic E-state index is -1.12. The Labute approximate surface area is 165 Å². The third kappa shape index (κ3) is 2.79. The maximum atomic E-state index is 12.9. The molecule has 2 aromatic rings. The molecule has 1 fully saturated rings. The summed E-state index contributed by atoms with van der Waals surface area (Å²) in [4.78, 5) is 28.7. The Kier molecular flexibility index (Phi) is 4.21. The van der Waals surface area contributed by atoms with Crippen molar-refractivity contribution in [2.24, 2.45) is 5.41 Å². The smallest absolute Gasteiger partial charge is 0.315 e. The van der Waals surface area contributed by atoms with Crippen molar-refractivity contribution in [1.29, 1.82) is 0 Å². The molecule has 1 atom stereocenters. The van der Waals surface area contributed by atoms with Crippen molar-refractivity contribution < 1.29 is 14.3 Å². The normalized spacial score (nSPS) is 22.2. The molecule has 0 aromatic heterocycles. The largest absolute Gasteiger partial charge is 0.455 e. The summed E-state index contributed by atoms with van der Waals surface area (Å²) in [5, 5.41) is 0. The Hall–Kier alpha value is -1.69. The first-order chi connectivity index (χ1) is 12.3. The van der Waals surface area contributed by atoms with Gasteiger partial charge in [-0.1, -0.05) is 36.0 Å². The van der Waals surface area contributed by atoms with Crippen LogP contribution in [0.4, 0.5) is 11.4 Å². The summed E-state index contributed by atoms with van der Waals surface area (Å²) in [6, 6.07) is 15.3. The summed E-state index contributed by atoms with van der Waals surface area (Å²) in [6.07, 6.45) is 0.322. The molecule has 2 aromatic carbocycles. The minimum Gasteiger partial charge on any atom is -0.455 e. The molecule has 7 heteroatoms. The zero-order valence-corrected chi connectivity index (χ0v) is 16.2. The molecule has 134 valence electrons. The number of amides is 1. The van der Waals surface area contributed by atoms with E-state index in [-0.39, 0.29) is 12.5 Å². The molecule has 0 spiro atoms. The molecule has 1 unspecified atom stereocenters. The molecular formula is C19H15Cl2NO3S. The number of hydrogen-bond donors (Lipinski definition) is 0. The highest BCUT2D eigenvalue weighted by Crippen LogP contribution is 2.64. The van der Waals surface area contributed by atoms with E-state index in [1.807, 2.05) is 48.5 Å². The molecule has 1 saturated carbocycles. The van der Waals surface area contributed by atoms with Gasteiger partial charge in [-0.15, -0.1) is 23.2 Å². The molecule has 0 saturated heterocycles. The van der Waals surface area contributed by atoms with Gasteiger partial charge in [0.05, 0.1) is 11.4 Å². The lowest BCUT2D eigenvalue weighted by Gasteiger charge is -2.30. The van der Waals surface area contributed by atoms with Gasteiger partial charge in [0.25, 0.3) is 5.91 Å². The molecule has 4 nitrogen and oxygen atoms in total. The van der Waals surface area contributed by atoms with Gasteiger partial charge in [-0.3, -0.25) is 14.5 Å². The minimum absolute atomic E-state index is 0.322. The zero-order valence-electron chi connectivity index (χ0n) is 13.9. The molecule has 2 aliphatic rings. The van der Waals surface area contributed by atoms with Crippen molar-refractivity contribution in [1.82, 2.24) is 0 Å². The summed E-state index contributed by atoms with van der Waals surface area (Å²) >= 11 is 13.6. The Bertz CT molecular complexity index is 872. The lowest BCUT2D eigenvalue weighted by atomic mass is 10.1. The average molecular weight is 408 g/mol. The van der Waals surface area contributed by atoms with Crippen molar-refractivity contribution in [3.63, 3.8) is 0 Å². The maximum Gasteiger partial charge on any atom is 0.315 e. The number of anilines is 2. The number of para-hydroxylation sites is 2. The molecule has 0 radical (unpaired) electrons. The first-order valence-corrected chi connectivity index (χ1v) is 9.65. The average Bonchev–Trinajstić information content (AvgIpc) is 3.16. The van der Waals surface area contributed by atoms with E-state index in [9.17, 15) is 9.59 Å². The van der Waals surface area contributed by atoms with E-state index < -0.39 is 15.7 Å². The highest BCUT2D eigenvalue weighted by molar-refractivity contribution is 7.99. The number of halogens is 2. The molecule has 4 rings (SSSR count). The van der Waals surface area contributed by atoms with Gasteiger partial charge >= 0.3 is 5.97 Å². The Morgan fingerprint density at radius 3 is 2.08 bits per heavy atom. The molecule has 1 heterocycles. The van der Waals surface area contributed by atoms with E-state index in [4.69, 9.17) is 27.9 Å². The summed E-state index contributed by atoms with van der Waals surface area (Å²) in [6.45, 7) is 1.27. The Balaban J connectivity index is 1.57. The molecule has 1 aliphatic heterocycles. The van der Waals surface area contributed by atoms with Gasteiger partial charge < -0.3 is 4.74 Å². The maximum absolute atomic E-state index is 12.9. The molecule has 1 amide bonds. The van der Waals surface area contributed by atoms with Gasteiger partial charge in [-0.2, -0.15) is 0 Å². The van der Waals surface area contributed by atoms with Gasteiger partial charge in [0.1, 0.15) is 9.75 Å². The number of benzene rings is 2. The fourth-order valence-corrected chi connectivity index (χ4v) is 4.69. The Morgan fingerprint density at radius 1 is 1.08 bits per heavy atom. The predicted octanol–water partition coefficient (Wildman–Crippen LogP) is 4.94. The van der Waals surface area contributed by atoms with Crippen molar-refractivity contribution in [2.45, 2.75) is 27.5 Å². The lowest BCUT2D eigenvalue weighted by Crippen LogP contribution is -2.34. The van der Waals surface area contributed by atoms with Gasteiger partial charge in [-0.05, 0) is 31.2 Å². The summed E-state index contributed by atoms with van der Waals surface area (Å²) in [5.41, 5.74) is 0.599. The lowest BCUT2D eigenvalue weighted by molar-refractivity contribution is -0.152. The van der Waals surface area contributed by atoms with Gasteiger partial charge in [0.15, 0.2) is 6.61 Å². The van der Waals surface area contributed by atoms with E-state index in [2.05, 4.69) is 0 Å². The van der Waals surface area contributed by atoms with Gasteiger partial charge in [0, 0.05) is 16.2 Å². The van der Waals surface area contributed by atoms with E-state index in [1.54, 1.807) is 23.6 Å². The van der Waals surface area contributed by atoms with E-state index in [0.29, 0.717) is 6.42 Å². The number of fused-ring (bicyclic) bond motifs is 2. The highest BCUT2D eigenvalue weighted by Gasteiger charge is 2.69. The molecule has 0 bridgehead atoms.